The lowest BCUT2D eigenvalue weighted by molar-refractivity contribution is -0.113. The molecule has 0 spiro atoms. The number of Topliss-reactive ketones (excluding diaryl/α,β-unsaturated/α-hetero) is 1. The number of hydrogen-bond donors (Lipinski definition) is 2. The molecule has 0 bridgehead atoms. The van der Waals surface area contributed by atoms with Crippen LogP contribution in [0.5, 0.6) is 0 Å². The summed E-state index contributed by atoms with van der Waals surface area (Å²) in [5, 5.41) is 15.7. The monoisotopic (exact) mass is 313 g/mol. The molecule has 2 aliphatic rings. The van der Waals surface area contributed by atoms with Gasteiger partial charge in [-0.1, -0.05) is 12.1 Å². The molecule has 1 aromatic rings. The van der Waals surface area contributed by atoms with Gasteiger partial charge in [-0.25, -0.2) is 0 Å². The van der Waals surface area contributed by atoms with Crippen LogP contribution in [0.2, 0.25) is 0 Å². The highest BCUT2D eigenvalue weighted by Crippen LogP contribution is 2.38. The number of carbonyl (C=O) groups excluding carboxylic acids is 1. The number of nitrogens with zero attached hydrogens (tertiary/aromatic N) is 1. The second-order valence-corrected chi connectivity index (χ2v) is 5.82. The van der Waals surface area contributed by atoms with Gasteiger partial charge in [0.1, 0.15) is 17.5 Å². The first-order chi connectivity index (χ1) is 10.6. The van der Waals surface area contributed by atoms with Crippen molar-refractivity contribution in [2.75, 3.05) is 11.2 Å². The molecule has 1 heterocycles. The van der Waals surface area contributed by atoms with Gasteiger partial charge in [-0.05, 0) is 43.4 Å². The summed E-state index contributed by atoms with van der Waals surface area (Å²) in [7, 11) is 0. The Balaban J connectivity index is 2.15. The third-order valence-electron chi connectivity index (χ3n) is 4.03. The van der Waals surface area contributed by atoms with Gasteiger partial charge in [-0.15, -0.1) is 11.6 Å². The zero-order valence-electron chi connectivity index (χ0n) is 12.3. The minimum absolute atomic E-state index is 0.0413. The van der Waals surface area contributed by atoms with Crippen LogP contribution in [0.15, 0.2) is 35.2 Å². The van der Waals surface area contributed by atoms with E-state index < -0.39 is 0 Å². The molecule has 2 N–H and O–H groups in total. The van der Waals surface area contributed by atoms with Crippen molar-refractivity contribution in [1.29, 1.82) is 5.26 Å². The quantitative estimate of drug-likeness (QED) is 0.498. The third kappa shape index (κ3) is 2.49. The predicted molar refractivity (Wildman–Crippen MR) is 87.1 cm³/mol. The van der Waals surface area contributed by atoms with Gasteiger partial charge in [0.25, 0.3) is 0 Å². The maximum Gasteiger partial charge on any atom is 0.191 e. The molecular formula is C17H16ClN3O. The molecule has 4 nitrogen and oxygen atoms in total. The van der Waals surface area contributed by atoms with Gasteiger partial charge in [0.2, 0.25) is 0 Å². The van der Waals surface area contributed by atoms with E-state index in [1.165, 1.54) is 12.0 Å². The Morgan fingerprint density at radius 1 is 1.36 bits per heavy atom. The van der Waals surface area contributed by atoms with Crippen molar-refractivity contribution in [3.8, 4) is 6.07 Å². The number of alkyl halides is 1. The molecule has 1 fully saturated rings. The SMILES string of the molecule is Cc1ccc2c(c1)N/C(=C(\C#N)C(=O)CCl)NC2=C1CCC1. The molecule has 0 saturated heterocycles. The fraction of sp³-hybridized carbons (Fsp3) is 0.294. The number of nitrogens with one attached hydrogen (secondary N) is 2. The lowest BCUT2D eigenvalue weighted by Crippen LogP contribution is -2.30. The number of carbonyl (C=O) groups is 1. The number of ketones is 1. The van der Waals surface area contributed by atoms with Gasteiger partial charge in [-0.2, -0.15) is 5.26 Å². The normalized spacial score (nSPS) is 18.4. The van der Waals surface area contributed by atoms with Crippen molar-refractivity contribution in [2.45, 2.75) is 26.2 Å². The Kier molecular flexibility index (Phi) is 3.91. The Bertz CT molecular complexity index is 750. The summed E-state index contributed by atoms with van der Waals surface area (Å²) < 4.78 is 0. The maximum absolute atomic E-state index is 11.9. The van der Waals surface area contributed by atoms with E-state index in [-0.39, 0.29) is 17.2 Å². The van der Waals surface area contributed by atoms with Crippen molar-refractivity contribution in [3.05, 3.63) is 46.3 Å². The van der Waals surface area contributed by atoms with E-state index in [2.05, 4.69) is 22.8 Å². The summed E-state index contributed by atoms with van der Waals surface area (Å²) in [5.41, 5.74) is 5.51. The molecule has 3 rings (SSSR count). The van der Waals surface area contributed by atoms with Crippen LogP contribution in [0.25, 0.3) is 5.70 Å². The average Bonchev–Trinajstić information content (AvgIpc) is 2.45. The van der Waals surface area contributed by atoms with Gasteiger partial charge in [0.05, 0.1) is 5.88 Å². The number of allylic oxidation sites excluding steroid dienone is 2. The van der Waals surface area contributed by atoms with Crippen LogP contribution in [-0.4, -0.2) is 11.7 Å². The van der Waals surface area contributed by atoms with Crippen molar-refractivity contribution < 1.29 is 4.79 Å². The molecule has 0 aromatic heterocycles. The number of hydrogen-bond acceptors (Lipinski definition) is 4. The molecule has 1 aromatic carbocycles. The van der Waals surface area contributed by atoms with Crippen LogP contribution < -0.4 is 10.6 Å². The first kappa shape index (κ1) is 14.7. The molecule has 1 aliphatic heterocycles. The summed E-state index contributed by atoms with van der Waals surface area (Å²) in [6.07, 6.45) is 3.28. The molecule has 0 unspecified atom stereocenters. The average molecular weight is 314 g/mol. The van der Waals surface area contributed by atoms with E-state index in [0.717, 1.165) is 35.4 Å². The molecule has 0 radical (unpaired) electrons. The van der Waals surface area contributed by atoms with E-state index >= 15 is 0 Å². The Morgan fingerprint density at radius 3 is 2.73 bits per heavy atom. The second kappa shape index (κ2) is 5.86. The van der Waals surface area contributed by atoms with Crippen LogP contribution in [0.1, 0.15) is 30.4 Å². The van der Waals surface area contributed by atoms with Crippen molar-refractivity contribution in [1.82, 2.24) is 5.32 Å². The zero-order valence-corrected chi connectivity index (χ0v) is 13.0. The molecule has 112 valence electrons. The van der Waals surface area contributed by atoms with Gasteiger partial charge in [0.15, 0.2) is 5.78 Å². The van der Waals surface area contributed by atoms with E-state index in [1.54, 1.807) is 0 Å². The van der Waals surface area contributed by atoms with Crippen molar-refractivity contribution in [3.63, 3.8) is 0 Å². The first-order valence-electron chi connectivity index (χ1n) is 7.24. The summed E-state index contributed by atoms with van der Waals surface area (Å²) in [6, 6.07) is 8.11. The Labute approximate surface area is 134 Å². The number of halogens is 1. The fourth-order valence-corrected chi connectivity index (χ4v) is 2.80. The Hall–Kier alpha value is -2.25. The molecule has 22 heavy (non-hydrogen) atoms. The van der Waals surface area contributed by atoms with Gasteiger partial charge >= 0.3 is 0 Å². The van der Waals surface area contributed by atoms with Crippen LogP contribution in [0, 0.1) is 18.3 Å². The van der Waals surface area contributed by atoms with Crippen LogP contribution in [0.3, 0.4) is 0 Å². The number of aryl methyl sites for hydroxylation is 1. The van der Waals surface area contributed by atoms with E-state index in [4.69, 9.17) is 11.6 Å². The number of nitriles is 1. The lowest BCUT2D eigenvalue weighted by atomic mass is 9.87. The summed E-state index contributed by atoms with van der Waals surface area (Å²) in [5.74, 6) is -0.156. The topological polar surface area (TPSA) is 64.9 Å². The molecule has 0 atom stereocenters. The van der Waals surface area contributed by atoms with Crippen molar-refractivity contribution >= 4 is 28.8 Å². The van der Waals surface area contributed by atoms with E-state index in [1.807, 2.05) is 19.1 Å². The van der Waals surface area contributed by atoms with Crippen LogP contribution in [-0.2, 0) is 4.79 Å². The first-order valence-corrected chi connectivity index (χ1v) is 7.78. The number of fused-ring (bicyclic) bond motifs is 1. The third-order valence-corrected chi connectivity index (χ3v) is 4.27. The highest BCUT2D eigenvalue weighted by atomic mass is 35.5. The van der Waals surface area contributed by atoms with Gasteiger partial charge in [0, 0.05) is 16.9 Å². The van der Waals surface area contributed by atoms with Crippen LogP contribution in [0.4, 0.5) is 5.69 Å². The summed E-state index contributed by atoms with van der Waals surface area (Å²) in [6.45, 7) is 2.01. The summed E-state index contributed by atoms with van der Waals surface area (Å²) in [4.78, 5) is 11.9. The number of benzene rings is 1. The molecular weight excluding hydrogens is 298 g/mol. The lowest BCUT2D eigenvalue weighted by Gasteiger charge is -2.31. The molecule has 1 aliphatic carbocycles. The minimum Gasteiger partial charge on any atom is -0.340 e. The standard InChI is InChI=1S/C17H16ClN3O/c1-10-5-6-12-14(7-10)20-17(13(9-19)15(22)8-18)21-16(12)11-3-2-4-11/h5-7,20-21H,2-4,8H2,1H3/b17-13-. The minimum atomic E-state index is -0.381. The van der Waals surface area contributed by atoms with Gasteiger partial charge < -0.3 is 10.6 Å². The smallest absolute Gasteiger partial charge is 0.191 e. The van der Waals surface area contributed by atoms with Crippen LogP contribution >= 0.6 is 11.6 Å². The number of rotatable bonds is 2. The molecule has 0 amide bonds. The largest absolute Gasteiger partial charge is 0.340 e. The van der Waals surface area contributed by atoms with E-state index in [0.29, 0.717) is 5.82 Å². The van der Waals surface area contributed by atoms with Gasteiger partial charge in [-0.3, -0.25) is 4.79 Å². The Morgan fingerprint density at radius 2 is 2.14 bits per heavy atom. The number of anilines is 1. The predicted octanol–water partition coefficient (Wildman–Crippen LogP) is 3.45. The molecule has 5 heteroatoms. The fourth-order valence-electron chi connectivity index (χ4n) is 2.67. The zero-order chi connectivity index (χ0) is 15.7. The highest BCUT2D eigenvalue weighted by Gasteiger charge is 2.26. The van der Waals surface area contributed by atoms with Crippen molar-refractivity contribution in [2.24, 2.45) is 0 Å². The van der Waals surface area contributed by atoms with E-state index in [9.17, 15) is 10.1 Å². The molecule has 1 saturated carbocycles. The second-order valence-electron chi connectivity index (χ2n) is 5.55. The highest BCUT2D eigenvalue weighted by molar-refractivity contribution is 6.31. The summed E-state index contributed by atoms with van der Waals surface area (Å²) >= 11 is 5.61. The maximum atomic E-state index is 11.9.